The average molecular weight is 238 g/mol. The summed E-state index contributed by atoms with van der Waals surface area (Å²) in [6.45, 7) is 2.14. The number of aryl methyl sites for hydroxylation is 2. The molecule has 0 bridgehead atoms. The van der Waals surface area contributed by atoms with Gasteiger partial charge in [0.1, 0.15) is 7.05 Å². The molecule has 0 aliphatic heterocycles. The fraction of sp³-hybridized carbons (Fsp3) is 0.182. The number of halogens is 1. The number of hydrogen-bond acceptors (Lipinski definition) is 0. The second kappa shape index (κ2) is 3.88. The Labute approximate surface area is 88.8 Å². The van der Waals surface area contributed by atoms with Crippen LogP contribution in [0.4, 0.5) is 0 Å². The molecule has 0 fully saturated rings. The molecule has 1 heterocycles. The Morgan fingerprint density at radius 3 is 2.46 bits per heavy atom. The molecule has 1 aromatic carbocycles. The van der Waals surface area contributed by atoms with Crippen molar-refractivity contribution in [3.8, 4) is 0 Å². The van der Waals surface area contributed by atoms with Crippen LogP contribution in [0.3, 0.4) is 0 Å². The highest BCUT2D eigenvalue weighted by Crippen LogP contribution is 2.12. The standard InChI is InChI=1S/C11H12N.BrH/c1-9-7-8-12(2)11-6-4-3-5-10(9)11;/h3-8H,1-2H3;1H/q+1;/p-1. The summed E-state index contributed by atoms with van der Waals surface area (Å²) in [5.41, 5.74) is 2.63. The molecule has 0 radical (unpaired) electrons. The number of pyridine rings is 1. The highest BCUT2D eigenvalue weighted by atomic mass is 79.9. The molecule has 0 N–H and O–H groups in total. The molecule has 0 spiro atoms. The Bertz CT molecular complexity index is 383. The zero-order valence-electron chi connectivity index (χ0n) is 7.79. The van der Waals surface area contributed by atoms with E-state index < -0.39 is 0 Å². The first-order valence-electron chi connectivity index (χ1n) is 4.13. The van der Waals surface area contributed by atoms with Crippen molar-refractivity contribution < 1.29 is 21.5 Å². The Kier molecular flexibility index (Phi) is 3.04. The second-order valence-electron chi connectivity index (χ2n) is 3.13. The summed E-state index contributed by atoms with van der Waals surface area (Å²) in [4.78, 5) is 0. The number of benzene rings is 1. The van der Waals surface area contributed by atoms with Gasteiger partial charge in [0.15, 0.2) is 6.20 Å². The van der Waals surface area contributed by atoms with Crippen molar-refractivity contribution in [2.75, 3.05) is 0 Å². The molecule has 0 saturated heterocycles. The van der Waals surface area contributed by atoms with Crippen molar-refractivity contribution in [3.05, 3.63) is 42.1 Å². The first kappa shape index (κ1) is 10.2. The lowest BCUT2D eigenvalue weighted by Crippen LogP contribution is -3.00. The van der Waals surface area contributed by atoms with Crippen LogP contribution in [0.25, 0.3) is 10.9 Å². The predicted octanol–water partition coefficient (Wildman–Crippen LogP) is -1.02. The molecule has 0 atom stereocenters. The molecule has 1 nitrogen and oxygen atoms in total. The van der Waals surface area contributed by atoms with Crippen LogP contribution in [-0.2, 0) is 7.05 Å². The van der Waals surface area contributed by atoms with Crippen LogP contribution in [0.2, 0.25) is 0 Å². The molecule has 2 rings (SSSR count). The molecule has 13 heavy (non-hydrogen) atoms. The first-order chi connectivity index (χ1) is 5.79. The largest absolute Gasteiger partial charge is 1.00 e. The fourth-order valence-electron chi connectivity index (χ4n) is 1.51. The number of rotatable bonds is 0. The number of hydrogen-bond donors (Lipinski definition) is 0. The summed E-state index contributed by atoms with van der Waals surface area (Å²) < 4.78 is 2.14. The quantitative estimate of drug-likeness (QED) is 0.517. The molecule has 2 aromatic rings. The maximum atomic E-state index is 2.16. The normalized spacial score (nSPS) is 9.69. The van der Waals surface area contributed by atoms with Crippen LogP contribution in [0.1, 0.15) is 5.56 Å². The zero-order chi connectivity index (χ0) is 8.55. The Morgan fingerprint density at radius 1 is 1.08 bits per heavy atom. The first-order valence-corrected chi connectivity index (χ1v) is 4.13. The topological polar surface area (TPSA) is 3.88 Å². The molecular weight excluding hydrogens is 226 g/mol. The minimum atomic E-state index is 0. The van der Waals surface area contributed by atoms with Gasteiger partial charge in [-0.2, -0.15) is 0 Å². The van der Waals surface area contributed by atoms with E-state index in [0.717, 1.165) is 0 Å². The molecule has 1 aromatic heterocycles. The highest BCUT2D eigenvalue weighted by Gasteiger charge is 2.04. The summed E-state index contributed by atoms with van der Waals surface area (Å²) in [5, 5.41) is 1.34. The van der Waals surface area contributed by atoms with Gasteiger partial charge in [-0.3, -0.25) is 0 Å². The molecule has 2 heteroatoms. The van der Waals surface area contributed by atoms with Gasteiger partial charge >= 0.3 is 0 Å². The smallest absolute Gasteiger partial charge is 0.212 e. The SMILES string of the molecule is Cc1cc[n+](C)c2ccccc12.[Br-]. The van der Waals surface area contributed by atoms with Crippen LogP contribution >= 0.6 is 0 Å². The zero-order valence-corrected chi connectivity index (χ0v) is 9.38. The lowest BCUT2D eigenvalue weighted by molar-refractivity contribution is -0.644. The summed E-state index contributed by atoms with van der Waals surface area (Å²) in [6.07, 6.45) is 2.09. The minimum Gasteiger partial charge on any atom is -1.00 e. The van der Waals surface area contributed by atoms with Crippen molar-refractivity contribution in [1.82, 2.24) is 0 Å². The van der Waals surface area contributed by atoms with Gasteiger partial charge in [-0.25, -0.2) is 4.57 Å². The van der Waals surface area contributed by atoms with E-state index in [9.17, 15) is 0 Å². The minimum absolute atomic E-state index is 0. The Hall–Kier alpha value is -0.890. The predicted molar refractivity (Wildman–Crippen MR) is 49.9 cm³/mol. The molecule has 0 aliphatic rings. The van der Waals surface area contributed by atoms with Crippen LogP contribution in [0.5, 0.6) is 0 Å². The third-order valence-electron chi connectivity index (χ3n) is 2.26. The highest BCUT2D eigenvalue weighted by molar-refractivity contribution is 5.78. The lowest BCUT2D eigenvalue weighted by Gasteiger charge is -1.98. The van der Waals surface area contributed by atoms with E-state index >= 15 is 0 Å². The molecule has 0 saturated carbocycles. The van der Waals surface area contributed by atoms with Gasteiger partial charge in [-0.1, -0.05) is 12.1 Å². The lowest BCUT2D eigenvalue weighted by atomic mass is 10.1. The number of para-hydroxylation sites is 1. The van der Waals surface area contributed by atoms with E-state index in [4.69, 9.17) is 0 Å². The number of fused-ring (bicyclic) bond motifs is 1. The molecule has 0 amide bonds. The van der Waals surface area contributed by atoms with Crippen molar-refractivity contribution in [3.63, 3.8) is 0 Å². The number of aromatic nitrogens is 1. The van der Waals surface area contributed by atoms with E-state index in [1.165, 1.54) is 16.5 Å². The van der Waals surface area contributed by atoms with Gasteiger partial charge in [0.05, 0.1) is 0 Å². The Morgan fingerprint density at radius 2 is 1.77 bits per heavy atom. The van der Waals surface area contributed by atoms with Gasteiger partial charge in [0, 0.05) is 17.5 Å². The van der Waals surface area contributed by atoms with Crippen molar-refractivity contribution in [2.45, 2.75) is 6.92 Å². The summed E-state index contributed by atoms with van der Waals surface area (Å²) in [6, 6.07) is 10.6. The third kappa shape index (κ3) is 1.73. The van der Waals surface area contributed by atoms with E-state index in [0.29, 0.717) is 0 Å². The Balaban J connectivity index is 0.000000845. The average Bonchev–Trinajstić information content (AvgIpc) is 2.12. The summed E-state index contributed by atoms with van der Waals surface area (Å²) >= 11 is 0. The van der Waals surface area contributed by atoms with E-state index in [1.54, 1.807) is 0 Å². The fourth-order valence-corrected chi connectivity index (χ4v) is 1.51. The number of nitrogens with zero attached hydrogens (tertiary/aromatic N) is 1. The molecule has 68 valence electrons. The van der Waals surface area contributed by atoms with Crippen molar-refractivity contribution in [1.29, 1.82) is 0 Å². The van der Waals surface area contributed by atoms with E-state index in [2.05, 4.69) is 55.1 Å². The monoisotopic (exact) mass is 237 g/mol. The van der Waals surface area contributed by atoms with Crippen molar-refractivity contribution >= 4 is 10.9 Å². The van der Waals surface area contributed by atoms with Gasteiger partial charge in [0.2, 0.25) is 5.52 Å². The van der Waals surface area contributed by atoms with Crippen LogP contribution in [-0.4, -0.2) is 0 Å². The van der Waals surface area contributed by atoms with Gasteiger partial charge in [0.25, 0.3) is 0 Å². The second-order valence-corrected chi connectivity index (χ2v) is 3.13. The van der Waals surface area contributed by atoms with Gasteiger partial charge in [-0.15, -0.1) is 0 Å². The van der Waals surface area contributed by atoms with Gasteiger partial charge in [-0.05, 0) is 18.6 Å². The maximum Gasteiger partial charge on any atom is 0.212 e. The van der Waals surface area contributed by atoms with Gasteiger partial charge < -0.3 is 17.0 Å². The molecule has 0 unspecified atom stereocenters. The van der Waals surface area contributed by atoms with Crippen LogP contribution in [0, 0.1) is 6.92 Å². The van der Waals surface area contributed by atoms with E-state index in [-0.39, 0.29) is 17.0 Å². The molecular formula is C11H12BrN. The molecule has 0 aliphatic carbocycles. The maximum absolute atomic E-state index is 2.16. The summed E-state index contributed by atoms with van der Waals surface area (Å²) in [5.74, 6) is 0. The third-order valence-corrected chi connectivity index (χ3v) is 2.26. The van der Waals surface area contributed by atoms with Crippen LogP contribution < -0.4 is 21.5 Å². The van der Waals surface area contributed by atoms with Crippen LogP contribution in [0.15, 0.2) is 36.5 Å². The van der Waals surface area contributed by atoms with Crippen molar-refractivity contribution in [2.24, 2.45) is 7.05 Å². The summed E-state index contributed by atoms with van der Waals surface area (Å²) in [7, 11) is 2.07. The van der Waals surface area contributed by atoms with E-state index in [1.807, 2.05) is 0 Å².